The number of hydrogen-bond donors (Lipinski definition) is 3. The van der Waals surface area contributed by atoms with Crippen LogP contribution in [-0.4, -0.2) is 46.3 Å². The summed E-state index contributed by atoms with van der Waals surface area (Å²) in [6.45, 7) is 0.431. The van der Waals surface area contributed by atoms with E-state index in [0.29, 0.717) is 17.7 Å². The van der Waals surface area contributed by atoms with Crippen molar-refractivity contribution in [3.63, 3.8) is 0 Å². The number of non-ortho nitro benzene ring substituents is 1. The van der Waals surface area contributed by atoms with Gasteiger partial charge in [0.05, 0.1) is 27.2 Å². The first-order chi connectivity index (χ1) is 20.8. The largest absolute Gasteiger partial charge is 1.00 e. The Morgan fingerprint density at radius 1 is 0.804 bits per heavy atom. The van der Waals surface area contributed by atoms with Gasteiger partial charge in [0.1, 0.15) is 24.3 Å². The number of nitriles is 4. The van der Waals surface area contributed by atoms with Crippen molar-refractivity contribution < 1.29 is 134 Å². The van der Waals surface area contributed by atoms with Gasteiger partial charge in [-0.2, -0.15) is 33.7 Å². The number of nitro benzene ring substituents is 1. The van der Waals surface area contributed by atoms with E-state index in [2.05, 4.69) is 17.5 Å². The standard InChI is InChI=1S/C14H16N2OS.C8H3N3O2.C6H14OS.CH2O3.HI.2K.H/c15-10-12-5-6-14(9-13(12)11-16)18-8-4-2-1-3-7-17;9-4-6-1-2-8(11(12)13)3-7(6)5-10;7-5-3-1-2-4-6-8;2-1-4-3;;;;/h5-6,9,17H,1-4,7-8H2;1-3H;7-8H,1-6H2;1,3H;1H;;;/q;;;;;2*+1;-1/p-1. The number of thioether (sulfide) groups is 1. The molecule has 240 valence electrons. The summed E-state index contributed by atoms with van der Waals surface area (Å²) in [5, 5.41) is 70.5. The number of rotatable bonds is 14. The predicted octanol–water partition coefficient (Wildman–Crippen LogP) is -0.945. The fourth-order valence-corrected chi connectivity index (χ4v) is 4.15. The molecule has 0 unspecified atom stereocenters. The van der Waals surface area contributed by atoms with Crippen LogP contribution < -0.4 is 108 Å². The molecule has 0 amide bonds. The van der Waals surface area contributed by atoms with Crippen LogP contribution in [-0.2, 0) is 9.68 Å². The third-order valence-corrected chi connectivity index (χ3v) is 6.51. The Balaban J connectivity index is -0.000000128. The van der Waals surface area contributed by atoms with Gasteiger partial charge >= 0.3 is 103 Å². The van der Waals surface area contributed by atoms with Gasteiger partial charge in [-0.3, -0.25) is 14.9 Å². The number of unbranched alkanes of at least 4 members (excludes halogenated alkanes) is 6. The van der Waals surface area contributed by atoms with E-state index in [-0.39, 0.29) is 158 Å². The van der Waals surface area contributed by atoms with Crippen LogP contribution in [0, 0.1) is 55.4 Å². The zero-order valence-corrected chi connectivity index (χ0v) is 36.2. The average molecular weight is 836 g/mol. The van der Waals surface area contributed by atoms with E-state index in [4.69, 9.17) is 41.3 Å². The smallest absolute Gasteiger partial charge is 1.00 e. The van der Waals surface area contributed by atoms with Crippen molar-refractivity contribution >= 4 is 60.5 Å². The Morgan fingerprint density at radius 3 is 1.65 bits per heavy atom. The van der Waals surface area contributed by atoms with Gasteiger partial charge in [0.2, 0.25) is 0 Å². The topological polar surface area (TPSA) is 228 Å². The van der Waals surface area contributed by atoms with Crippen molar-refractivity contribution in [2.24, 2.45) is 0 Å². The minimum Gasteiger partial charge on any atom is -1.00 e. The molecule has 0 heterocycles. The zero-order chi connectivity index (χ0) is 32.7. The quantitative estimate of drug-likeness (QED) is 0.0241. The molecule has 0 saturated heterocycles. The minimum atomic E-state index is -0.609. The molecule has 0 aromatic heterocycles. The molecule has 2 rings (SSSR count). The van der Waals surface area contributed by atoms with Crippen molar-refractivity contribution in [2.45, 2.75) is 56.3 Å². The SMILES string of the molecule is I.N#Cc1ccc(SCCCCCCO)cc1C#N.N#Cc1ccc([N+](=O)[O-])cc1C#N.O=CO[O-].OCCCCCCS.[H-].[K+].[K+]. The zero-order valence-electron chi connectivity index (χ0n) is 27.0. The molecule has 2 aromatic carbocycles. The van der Waals surface area contributed by atoms with E-state index in [1.54, 1.807) is 36.0 Å². The van der Waals surface area contributed by atoms with Crippen LogP contribution in [0.4, 0.5) is 5.69 Å². The van der Waals surface area contributed by atoms with Crippen molar-refractivity contribution in [1.29, 1.82) is 21.0 Å². The Bertz CT molecular complexity index is 1270. The molecule has 2 N–H and O–H groups in total. The monoisotopic (exact) mass is 835 g/mol. The molecular formula is C29H36IK2N5O7S2. The van der Waals surface area contributed by atoms with Crippen molar-refractivity contribution in [2.75, 3.05) is 24.7 Å². The van der Waals surface area contributed by atoms with E-state index in [0.717, 1.165) is 61.0 Å². The van der Waals surface area contributed by atoms with Gasteiger partial charge in [0.15, 0.2) is 0 Å². The van der Waals surface area contributed by atoms with E-state index in [1.165, 1.54) is 25.0 Å². The van der Waals surface area contributed by atoms with Crippen LogP contribution in [0.1, 0.15) is 75.0 Å². The number of aliphatic hydroxyl groups is 2. The number of hydrogen-bond acceptors (Lipinski definition) is 13. The molecule has 17 heteroatoms. The summed E-state index contributed by atoms with van der Waals surface area (Å²) in [7, 11) is 0. The van der Waals surface area contributed by atoms with Crippen molar-refractivity contribution in [3.8, 4) is 24.3 Å². The number of carbonyl (C=O) groups excluding carboxylic acids is 1. The normalized spacial score (nSPS) is 8.35. The number of benzene rings is 2. The van der Waals surface area contributed by atoms with Crippen LogP contribution in [0.25, 0.3) is 0 Å². The van der Waals surface area contributed by atoms with Gasteiger partial charge in [-0.15, -0.1) is 35.7 Å². The maximum Gasteiger partial charge on any atom is 1.00 e. The van der Waals surface area contributed by atoms with Crippen molar-refractivity contribution in [1.82, 2.24) is 0 Å². The number of thiol groups is 1. The van der Waals surface area contributed by atoms with Gasteiger partial charge in [0.25, 0.3) is 12.2 Å². The third kappa shape index (κ3) is 30.0. The second-order valence-corrected chi connectivity index (χ2v) is 9.80. The summed E-state index contributed by atoms with van der Waals surface area (Å²) in [4.78, 5) is 22.0. The number of nitro groups is 1. The molecule has 0 spiro atoms. The van der Waals surface area contributed by atoms with E-state index in [1.807, 2.05) is 18.2 Å². The maximum absolute atomic E-state index is 10.3. The summed E-state index contributed by atoms with van der Waals surface area (Å²) >= 11 is 5.76. The maximum atomic E-state index is 10.3. The molecule has 0 aliphatic rings. The summed E-state index contributed by atoms with van der Waals surface area (Å²) in [5.41, 5.74) is 0.868. The van der Waals surface area contributed by atoms with Crippen LogP contribution in [0.5, 0.6) is 0 Å². The Labute approximate surface area is 383 Å². The van der Waals surface area contributed by atoms with Gasteiger partial charge in [-0.25, -0.2) is 0 Å². The summed E-state index contributed by atoms with van der Waals surface area (Å²) in [6.07, 6.45) is 8.66. The molecule has 0 radical (unpaired) electrons. The van der Waals surface area contributed by atoms with Crippen molar-refractivity contribution in [3.05, 3.63) is 68.8 Å². The van der Waals surface area contributed by atoms with Gasteiger partial charge in [-0.1, -0.05) is 25.7 Å². The molecular weight excluding hydrogens is 800 g/mol. The second-order valence-electron chi connectivity index (χ2n) is 8.18. The fraction of sp³-hybridized carbons (Fsp3) is 0.414. The van der Waals surface area contributed by atoms with Gasteiger partial charge in [-0.05, 0) is 61.5 Å². The molecule has 0 saturated carbocycles. The van der Waals surface area contributed by atoms with Crippen LogP contribution >= 0.6 is 48.4 Å². The first-order valence-corrected chi connectivity index (χ1v) is 14.7. The van der Waals surface area contributed by atoms with Gasteiger partial charge in [0, 0.05) is 30.2 Å². The third-order valence-electron chi connectivity index (χ3n) is 5.11. The molecule has 0 atom stereocenters. The average Bonchev–Trinajstić information content (AvgIpc) is 3.04. The second kappa shape index (κ2) is 41.0. The van der Waals surface area contributed by atoms with E-state index < -0.39 is 4.92 Å². The molecule has 0 aliphatic heterocycles. The molecule has 0 bridgehead atoms. The van der Waals surface area contributed by atoms with Gasteiger partial charge < -0.3 is 21.8 Å². The molecule has 2 aromatic rings. The molecule has 12 nitrogen and oxygen atoms in total. The number of halogens is 1. The molecule has 0 fully saturated rings. The summed E-state index contributed by atoms with van der Waals surface area (Å²) in [5.74, 6) is 1.98. The fourth-order valence-electron chi connectivity index (χ4n) is 2.97. The number of aliphatic hydroxyl groups excluding tert-OH is 2. The van der Waals surface area contributed by atoms with Crippen LogP contribution in [0.2, 0.25) is 0 Å². The summed E-state index contributed by atoms with van der Waals surface area (Å²) in [6, 6.07) is 16.4. The molecule has 0 aliphatic carbocycles. The Kier molecular flexibility index (Phi) is 49.3. The molecule has 46 heavy (non-hydrogen) atoms. The number of nitrogens with zero attached hydrogens (tertiary/aromatic N) is 5. The Hall–Kier alpha value is -0.147. The number of carbonyl (C=O) groups is 1. The van der Waals surface area contributed by atoms with Crippen LogP contribution in [0.3, 0.4) is 0 Å². The minimum absolute atomic E-state index is 0. The van der Waals surface area contributed by atoms with E-state index >= 15 is 0 Å². The Morgan fingerprint density at radius 2 is 1.24 bits per heavy atom. The first-order valence-electron chi connectivity index (χ1n) is 13.0. The predicted molar refractivity (Wildman–Crippen MR) is 178 cm³/mol. The van der Waals surface area contributed by atoms with E-state index in [9.17, 15) is 10.1 Å². The first kappa shape index (κ1) is 55.3. The van der Waals surface area contributed by atoms with Crippen LogP contribution in [0.15, 0.2) is 41.3 Å². The summed E-state index contributed by atoms with van der Waals surface area (Å²) < 4.78 is 0.